The lowest BCUT2D eigenvalue weighted by Crippen LogP contribution is -2.35. The van der Waals surface area contributed by atoms with Crippen LogP contribution in [0.25, 0.3) is 0 Å². The van der Waals surface area contributed by atoms with Crippen LogP contribution in [0.5, 0.6) is 5.75 Å². The van der Waals surface area contributed by atoms with Gasteiger partial charge in [0.15, 0.2) is 5.75 Å². The molecule has 1 aromatic rings. The summed E-state index contributed by atoms with van der Waals surface area (Å²) in [7, 11) is 0. The Kier molecular flexibility index (Phi) is 5.21. The third-order valence-corrected chi connectivity index (χ3v) is 2.66. The lowest BCUT2D eigenvalue weighted by Gasteiger charge is -2.21. The van der Waals surface area contributed by atoms with Crippen molar-refractivity contribution in [1.29, 1.82) is 0 Å². The van der Waals surface area contributed by atoms with Crippen molar-refractivity contribution in [2.75, 3.05) is 0 Å². The van der Waals surface area contributed by atoms with Crippen LogP contribution < -0.4 is 4.74 Å². The van der Waals surface area contributed by atoms with Gasteiger partial charge < -0.3 is 25.2 Å². The molecule has 0 aromatic heterocycles. The molecule has 1 rings (SSSR count). The van der Waals surface area contributed by atoms with E-state index in [0.717, 1.165) is 0 Å². The highest BCUT2D eigenvalue weighted by atomic mass is 19.3. The minimum atomic E-state index is -5.43. The van der Waals surface area contributed by atoms with Gasteiger partial charge in [0.1, 0.15) is 11.1 Å². The molecular weight excluding hydrogens is 364 g/mol. The number of ether oxygens (including phenoxy) is 1. The summed E-state index contributed by atoms with van der Waals surface area (Å²) in [6, 6.07) is 0.0744. The number of carboxylic acids is 4. The standard InChI is InChI=1S/C12H6F4O9/c13-11(14)12(15,16)25-6-4(9(21)22)2(7(17)18)1-3(8(19)20)5(6)10(23)24/h1,11H,(H,17,18)(H,19,20)(H,21,22)(H,23,24). The van der Waals surface area contributed by atoms with Crippen molar-refractivity contribution >= 4 is 23.9 Å². The molecule has 25 heavy (non-hydrogen) atoms. The van der Waals surface area contributed by atoms with Gasteiger partial charge in [-0.2, -0.15) is 17.6 Å². The van der Waals surface area contributed by atoms with Crippen LogP contribution in [0.15, 0.2) is 6.07 Å². The van der Waals surface area contributed by atoms with Crippen LogP contribution in [0.3, 0.4) is 0 Å². The second-order valence-corrected chi connectivity index (χ2v) is 4.24. The van der Waals surface area contributed by atoms with Crippen molar-refractivity contribution in [2.24, 2.45) is 0 Å². The molecule has 136 valence electrons. The fourth-order valence-electron chi connectivity index (χ4n) is 1.70. The SMILES string of the molecule is O=C(O)c1cc(C(=O)O)c(C(=O)O)c(OC(F)(F)C(F)F)c1C(=O)O. The highest BCUT2D eigenvalue weighted by Crippen LogP contribution is 2.36. The second-order valence-electron chi connectivity index (χ2n) is 4.24. The molecular formula is C12H6F4O9. The van der Waals surface area contributed by atoms with Gasteiger partial charge in [-0.15, -0.1) is 0 Å². The maximum Gasteiger partial charge on any atom is 0.461 e. The van der Waals surface area contributed by atoms with Gasteiger partial charge in [0, 0.05) is 0 Å². The Morgan fingerprint density at radius 3 is 1.44 bits per heavy atom. The number of benzene rings is 1. The molecule has 0 unspecified atom stereocenters. The van der Waals surface area contributed by atoms with Gasteiger partial charge in [-0.05, 0) is 6.07 Å². The predicted molar refractivity (Wildman–Crippen MR) is 65.9 cm³/mol. The van der Waals surface area contributed by atoms with Crippen LogP contribution in [-0.4, -0.2) is 56.8 Å². The number of rotatable bonds is 7. The van der Waals surface area contributed by atoms with E-state index < -0.39 is 64.4 Å². The summed E-state index contributed by atoms with van der Waals surface area (Å²) in [4.78, 5) is 44.4. The molecule has 0 heterocycles. The number of carboxylic acid groups (broad SMARTS) is 4. The molecule has 13 heteroatoms. The smallest absolute Gasteiger partial charge is 0.461 e. The summed E-state index contributed by atoms with van der Waals surface area (Å²) in [5.74, 6) is -11.0. The molecule has 0 atom stereocenters. The molecule has 0 aliphatic rings. The van der Waals surface area contributed by atoms with E-state index in [-0.39, 0.29) is 6.07 Å². The Morgan fingerprint density at radius 2 is 1.20 bits per heavy atom. The number of hydrogen-bond donors (Lipinski definition) is 4. The summed E-state index contributed by atoms with van der Waals surface area (Å²) < 4.78 is 54.3. The fourth-order valence-corrected chi connectivity index (χ4v) is 1.70. The van der Waals surface area contributed by atoms with Gasteiger partial charge in [0.2, 0.25) is 0 Å². The normalized spacial score (nSPS) is 11.2. The van der Waals surface area contributed by atoms with Crippen molar-refractivity contribution in [1.82, 2.24) is 0 Å². The Balaban J connectivity index is 4.02. The Labute approximate surface area is 133 Å². The zero-order valence-electron chi connectivity index (χ0n) is 11.5. The number of halogens is 4. The first-order chi connectivity index (χ1) is 11.3. The van der Waals surface area contributed by atoms with Gasteiger partial charge in [0.05, 0.1) is 11.1 Å². The van der Waals surface area contributed by atoms with Gasteiger partial charge in [-0.25, -0.2) is 19.2 Å². The lowest BCUT2D eigenvalue weighted by atomic mass is 9.96. The topological polar surface area (TPSA) is 158 Å². The Hall–Kier alpha value is -3.38. The first-order valence-electron chi connectivity index (χ1n) is 5.80. The van der Waals surface area contributed by atoms with Crippen LogP contribution in [0.4, 0.5) is 17.6 Å². The van der Waals surface area contributed by atoms with Gasteiger partial charge in [-0.3, -0.25) is 0 Å². The van der Waals surface area contributed by atoms with E-state index in [2.05, 4.69) is 4.74 Å². The molecule has 0 amide bonds. The van der Waals surface area contributed by atoms with Gasteiger partial charge >= 0.3 is 36.4 Å². The third kappa shape index (κ3) is 3.76. The van der Waals surface area contributed by atoms with Gasteiger partial charge in [-0.1, -0.05) is 0 Å². The minimum absolute atomic E-state index is 0.0744. The summed E-state index contributed by atoms with van der Waals surface area (Å²) >= 11 is 0. The monoisotopic (exact) mass is 370 g/mol. The lowest BCUT2D eigenvalue weighted by molar-refractivity contribution is -0.253. The first-order valence-corrected chi connectivity index (χ1v) is 5.80. The number of carbonyl (C=O) groups is 4. The van der Waals surface area contributed by atoms with E-state index in [1.54, 1.807) is 0 Å². The average Bonchev–Trinajstić information content (AvgIpc) is 2.44. The summed E-state index contributed by atoms with van der Waals surface area (Å²) in [5.41, 5.74) is -6.35. The van der Waals surface area contributed by atoms with E-state index >= 15 is 0 Å². The molecule has 9 nitrogen and oxygen atoms in total. The zero-order valence-corrected chi connectivity index (χ0v) is 11.5. The van der Waals surface area contributed by atoms with Crippen LogP contribution in [0.1, 0.15) is 41.4 Å². The molecule has 0 radical (unpaired) electrons. The predicted octanol–water partition coefficient (Wildman–Crippen LogP) is 1.72. The average molecular weight is 370 g/mol. The summed E-state index contributed by atoms with van der Waals surface area (Å²) in [5, 5.41) is 35.7. The van der Waals surface area contributed by atoms with Crippen molar-refractivity contribution < 1.29 is 61.9 Å². The van der Waals surface area contributed by atoms with E-state index in [0.29, 0.717) is 0 Å². The van der Waals surface area contributed by atoms with E-state index in [1.165, 1.54) is 0 Å². The van der Waals surface area contributed by atoms with Crippen LogP contribution in [0, 0.1) is 0 Å². The van der Waals surface area contributed by atoms with Crippen molar-refractivity contribution in [2.45, 2.75) is 12.5 Å². The Bertz CT molecular complexity index is 722. The minimum Gasteiger partial charge on any atom is -0.478 e. The van der Waals surface area contributed by atoms with E-state index in [1.807, 2.05) is 0 Å². The van der Waals surface area contributed by atoms with E-state index in [9.17, 15) is 36.7 Å². The largest absolute Gasteiger partial charge is 0.478 e. The highest BCUT2D eigenvalue weighted by Gasteiger charge is 2.47. The molecule has 1 aromatic carbocycles. The van der Waals surface area contributed by atoms with Crippen molar-refractivity contribution in [3.63, 3.8) is 0 Å². The highest BCUT2D eigenvalue weighted by molar-refractivity contribution is 6.12. The molecule has 0 aliphatic carbocycles. The quantitative estimate of drug-likeness (QED) is 0.524. The van der Waals surface area contributed by atoms with Crippen molar-refractivity contribution in [3.05, 3.63) is 28.3 Å². The van der Waals surface area contributed by atoms with Crippen LogP contribution >= 0.6 is 0 Å². The summed E-state index contributed by atoms with van der Waals surface area (Å²) in [6.45, 7) is 0. The van der Waals surface area contributed by atoms with Crippen LogP contribution in [0.2, 0.25) is 0 Å². The third-order valence-electron chi connectivity index (χ3n) is 2.66. The number of aromatic carboxylic acids is 4. The number of alkyl halides is 4. The maximum absolute atomic E-state index is 13.1. The first kappa shape index (κ1) is 19.7. The molecule has 0 saturated carbocycles. The maximum atomic E-state index is 13.1. The van der Waals surface area contributed by atoms with E-state index in [4.69, 9.17) is 20.4 Å². The molecule has 0 bridgehead atoms. The zero-order chi connectivity index (χ0) is 19.7. The molecule has 0 spiro atoms. The molecule has 4 N–H and O–H groups in total. The fraction of sp³-hybridized carbons (Fsp3) is 0.167. The molecule has 0 aliphatic heterocycles. The molecule has 0 fully saturated rings. The Morgan fingerprint density at radius 1 is 0.840 bits per heavy atom. The summed E-state index contributed by atoms with van der Waals surface area (Å²) in [6.07, 6.45) is -9.99. The number of hydrogen-bond acceptors (Lipinski definition) is 5. The van der Waals surface area contributed by atoms with Crippen LogP contribution in [-0.2, 0) is 0 Å². The van der Waals surface area contributed by atoms with Gasteiger partial charge in [0.25, 0.3) is 0 Å². The second kappa shape index (κ2) is 6.62. The molecule has 0 saturated heterocycles. The van der Waals surface area contributed by atoms with Crippen molar-refractivity contribution in [3.8, 4) is 5.75 Å².